The second kappa shape index (κ2) is 10.5. The summed E-state index contributed by atoms with van der Waals surface area (Å²) in [4.78, 5) is 22.7. The van der Waals surface area contributed by atoms with Gasteiger partial charge in [-0.2, -0.15) is 0 Å². The number of hydrogen-bond acceptors (Lipinski definition) is 9. The number of aromatic nitrogens is 2. The molecule has 0 aliphatic carbocycles. The number of benzene rings is 2. The third-order valence-corrected chi connectivity index (χ3v) is 7.55. The van der Waals surface area contributed by atoms with Crippen molar-refractivity contribution in [3.8, 4) is 11.6 Å². The lowest BCUT2D eigenvalue weighted by atomic mass is 10.1. The van der Waals surface area contributed by atoms with E-state index < -0.39 is 27.8 Å². The second-order valence-corrected chi connectivity index (χ2v) is 11.2. The minimum atomic E-state index is -4.81. The van der Waals surface area contributed by atoms with Crippen LogP contribution in [0.25, 0.3) is 0 Å². The molecule has 0 radical (unpaired) electrons. The van der Waals surface area contributed by atoms with Crippen molar-refractivity contribution >= 4 is 27.2 Å². The Labute approximate surface area is 226 Å². The Balaban J connectivity index is 1.22. The number of hydrogen-bond donors (Lipinski definition) is 1. The first-order valence-corrected chi connectivity index (χ1v) is 14.0. The number of piperidine rings is 1. The van der Waals surface area contributed by atoms with E-state index in [1.165, 1.54) is 35.6 Å². The van der Waals surface area contributed by atoms with Crippen LogP contribution in [0.3, 0.4) is 0 Å². The zero-order valence-electron chi connectivity index (χ0n) is 21.0. The molecule has 0 atom stereocenters. The molecule has 212 valence electrons. The molecule has 2 aliphatic rings. The summed E-state index contributed by atoms with van der Waals surface area (Å²) in [5, 5.41) is 1.40. The number of carbonyl (C=O) groups excluding carboxylic acids is 1. The smallest absolute Gasteiger partial charge is 0.474 e. The van der Waals surface area contributed by atoms with Crippen LogP contribution in [0.5, 0.6) is 11.6 Å². The molecule has 3 aromatic rings. The zero-order chi connectivity index (χ0) is 28.7. The molecule has 0 unspecified atom stereocenters. The molecular weight excluding hydrogens is 558 g/mol. The number of anilines is 2. The van der Waals surface area contributed by atoms with Crippen molar-refractivity contribution in [3.63, 3.8) is 0 Å². The predicted octanol–water partition coefficient (Wildman–Crippen LogP) is 3.76. The molecule has 0 spiro atoms. The Kier molecular flexibility index (Phi) is 7.27. The Morgan fingerprint density at radius 2 is 1.77 bits per heavy atom. The van der Waals surface area contributed by atoms with Gasteiger partial charge in [0.1, 0.15) is 24.0 Å². The number of alkyl halides is 3. The van der Waals surface area contributed by atoms with Crippen LogP contribution in [0.4, 0.5) is 29.1 Å². The van der Waals surface area contributed by atoms with Crippen molar-refractivity contribution in [2.24, 2.45) is 0 Å². The largest absolute Gasteiger partial charge is 0.573 e. The van der Waals surface area contributed by atoms with Crippen LogP contribution >= 0.6 is 0 Å². The van der Waals surface area contributed by atoms with Gasteiger partial charge in [0.05, 0.1) is 16.1 Å². The highest BCUT2D eigenvalue weighted by atomic mass is 32.2. The van der Waals surface area contributed by atoms with E-state index in [-0.39, 0.29) is 34.7 Å². The summed E-state index contributed by atoms with van der Waals surface area (Å²) >= 11 is 0. The molecule has 1 aromatic heterocycles. The molecule has 15 heteroatoms. The van der Waals surface area contributed by atoms with Crippen LogP contribution in [-0.4, -0.2) is 61.0 Å². The maximum atomic E-state index is 14.8. The topological polar surface area (TPSA) is 114 Å². The molecule has 10 nitrogen and oxygen atoms in total. The minimum absolute atomic E-state index is 0.0839. The van der Waals surface area contributed by atoms with Crippen LogP contribution in [-0.2, 0) is 16.4 Å². The van der Waals surface area contributed by atoms with E-state index in [4.69, 9.17) is 4.74 Å². The average molecular weight is 582 g/mol. The van der Waals surface area contributed by atoms with Gasteiger partial charge < -0.3 is 14.4 Å². The van der Waals surface area contributed by atoms with E-state index in [1.54, 1.807) is 4.90 Å². The highest BCUT2D eigenvalue weighted by molar-refractivity contribution is 7.90. The molecule has 40 heavy (non-hydrogen) atoms. The fourth-order valence-electron chi connectivity index (χ4n) is 4.48. The van der Waals surface area contributed by atoms with Crippen molar-refractivity contribution in [1.82, 2.24) is 20.3 Å². The number of likely N-dealkylation sites (tertiary alicyclic amines) is 1. The number of nitrogens with one attached hydrogen (secondary N) is 1. The van der Waals surface area contributed by atoms with E-state index in [0.29, 0.717) is 43.2 Å². The van der Waals surface area contributed by atoms with E-state index in [2.05, 4.69) is 20.1 Å². The van der Waals surface area contributed by atoms with Crippen molar-refractivity contribution in [1.29, 1.82) is 0 Å². The average Bonchev–Trinajstić information content (AvgIpc) is 3.33. The third kappa shape index (κ3) is 5.94. The van der Waals surface area contributed by atoms with E-state index in [0.717, 1.165) is 24.5 Å². The molecule has 5 rings (SSSR count). The van der Waals surface area contributed by atoms with Crippen LogP contribution in [0.2, 0.25) is 0 Å². The molecule has 1 fully saturated rings. The molecule has 3 heterocycles. The standard InChI is InChI=1S/C25H23F4N5O5S/c1-40(36,37)18-6-7-21(20(26)12-18)34-22-19(13-32-34)23(31-14-30-22)38-16-8-10-33(11-9-16)24(35)15-2-4-17(5-3-15)39-25(27,28)29/h2-7,12,14,16,32H,8-11,13H2,1H3. The lowest BCUT2D eigenvalue weighted by Gasteiger charge is -2.32. The fourth-order valence-corrected chi connectivity index (χ4v) is 5.12. The zero-order valence-corrected chi connectivity index (χ0v) is 21.8. The molecule has 1 N–H and O–H groups in total. The van der Waals surface area contributed by atoms with Crippen LogP contribution in [0.15, 0.2) is 53.7 Å². The Morgan fingerprint density at radius 1 is 1.07 bits per heavy atom. The first kappa shape index (κ1) is 27.6. The van der Waals surface area contributed by atoms with Crippen molar-refractivity contribution in [2.45, 2.75) is 36.7 Å². The maximum absolute atomic E-state index is 14.8. The van der Waals surface area contributed by atoms with Gasteiger partial charge in [-0.05, 0) is 42.5 Å². The van der Waals surface area contributed by atoms with Gasteiger partial charge in [0.25, 0.3) is 5.91 Å². The molecule has 1 saturated heterocycles. The van der Waals surface area contributed by atoms with Crippen molar-refractivity contribution < 1.29 is 40.2 Å². The summed E-state index contributed by atoms with van der Waals surface area (Å²) in [6.07, 6.45) is -1.84. The van der Waals surface area contributed by atoms with E-state index in [9.17, 15) is 30.8 Å². The number of rotatable bonds is 6. The van der Waals surface area contributed by atoms with E-state index in [1.807, 2.05) is 0 Å². The van der Waals surface area contributed by atoms with Gasteiger partial charge in [0, 0.05) is 44.3 Å². The first-order chi connectivity index (χ1) is 18.9. The number of halogens is 4. The Morgan fingerprint density at radius 3 is 2.40 bits per heavy atom. The number of fused-ring (bicyclic) bond motifs is 1. The van der Waals surface area contributed by atoms with Gasteiger partial charge in [-0.15, -0.1) is 13.2 Å². The number of amides is 1. The molecule has 2 aromatic carbocycles. The summed E-state index contributed by atoms with van der Waals surface area (Å²) < 4.78 is 85.3. The fraction of sp³-hybridized carbons (Fsp3) is 0.320. The third-order valence-electron chi connectivity index (χ3n) is 6.44. The van der Waals surface area contributed by atoms with Gasteiger partial charge in [0.15, 0.2) is 15.7 Å². The molecular formula is C25H23F4N5O5S. The van der Waals surface area contributed by atoms with Gasteiger partial charge in [-0.3, -0.25) is 9.80 Å². The number of ether oxygens (including phenoxy) is 2. The second-order valence-electron chi connectivity index (χ2n) is 9.22. The van der Waals surface area contributed by atoms with Gasteiger partial charge in [-0.1, -0.05) is 0 Å². The lowest BCUT2D eigenvalue weighted by Crippen LogP contribution is -2.41. The van der Waals surface area contributed by atoms with Crippen LogP contribution in [0.1, 0.15) is 28.8 Å². The molecule has 1 amide bonds. The Hall–Kier alpha value is -3.98. The van der Waals surface area contributed by atoms with Crippen molar-refractivity contribution in [3.05, 3.63) is 65.7 Å². The van der Waals surface area contributed by atoms with Crippen LogP contribution in [0, 0.1) is 5.82 Å². The van der Waals surface area contributed by atoms with Crippen LogP contribution < -0.4 is 19.9 Å². The lowest BCUT2D eigenvalue weighted by molar-refractivity contribution is -0.274. The Bertz CT molecular complexity index is 1530. The quantitative estimate of drug-likeness (QED) is 0.435. The summed E-state index contributed by atoms with van der Waals surface area (Å²) in [5.41, 5.74) is 3.93. The molecule has 0 bridgehead atoms. The van der Waals surface area contributed by atoms with E-state index >= 15 is 0 Å². The summed E-state index contributed by atoms with van der Waals surface area (Å²) in [5.74, 6) is -0.803. The van der Waals surface area contributed by atoms with Crippen molar-refractivity contribution in [2.75, 3.05) is 24.4 Å². The number of hydrazine groups is 1. The monoisotopic (exact) mass is 581 g/mol. The first-order valence-electron chi connectivity index (χ1n) is 12.1. The summed E-state index contributed by atoms with van der Waals surface area (Å²) in [7, 11) is -3.57. The highest BCUT2D eigenvalue weighted by Crippen LogP contribution is 2.36. The van der Waals surface area contributed by atoms with Gasteiger partial charge >= 0.3 is 6.36 Å². The van der Waals surface area contributed by atoms with Gasteiger partial charge in [-0.25, -0.2) is 28.2 Å². The summed E-state index contributed by atoms with van der Waals surface area (Å²) in [6, 6.07) is 8.36. The normalized spacial score (nSPS) is 16.1. The maximum Gasteiger partial charge on any atom is 0.573 e. The summed E-state index contributed by atoms with van der Waals surface area (Å²) in [6.45, 7) is 0.962. The number of carbonyl (C=O) groups is 1. The molecule has 2 aliphatic heterocycles. The highest BCUT2D eigenvalue weighted by Gasteiger charge is 2.32. The SMILES string of the molecule is CS(=O)(=O)c1ccc(N2NCc3c(OC4CCN(C(=O)c5ccc(OC(F)(F)F)cc5)CC4)ncnc32)c(F)c1. The number of nitrogens with zero attached hydrogens (tertiary/aromatic N) is 4. The minimum Gasteiger partial charge on any atom is -0.474 e. The molecule has 0 saturated carbocycles. The van der Waals surface area contributed by atoms with Gasteiger partial charge in [0.2, 0.25) is 5.88 Å². The number of sulfone groups is 1. The predicted molar refractivity (Wildman–Crippen MR) is 133 cm³/mol.